The van der Waals surface area contributed by atoms with E-state index >= 15 is 0 Å². The zero-order valence-electron chi connectivity index (χ0n) is 16.5. The van der Waals surface area contributed by atoms with E-state index in [0.29, 0.717) is 0 Å². The van der Waals surface area contributed by atoms with Crippen molar-refractivity contribution in [3.63, 3.8) is 0 Å². The van der Waals surface area contributed by atoms with Crippen LogP contribution in [0.15, 0.2) is 146 Å². The summed E-state index contributed by atoms with van der Waals surface area (Å²) in [6.45, 7) is 0. The van der Waals surface area contributed by atoms with Gasteiger partial charge in [-0.1, -0.05) is 146 Å². The summed E-state index contributed by atoms with van der Waals surface area (Å²) in [5.41, 5.74) is 0. The predicted octanol–water partition coefficient (Wildman–Crippen LogP) is 2.25. The van der Waals surface area contributed by atoms with Gasteiger partial charge in [0, 0.05) is 0 Å². The first-order valence-corrected chi connectivity index (χ1v) is 11.2. The van der Waals surface area contributed by atoms with Crippen molar-refractivity contribution in [2.24, 2.45) is 0 Å². The molecule has 0 bridgehead atoms. The molecule has 0 saturated heterocycles. The summed E-state index contributed by atoms with van der Waals surface area (Å²) in [7, 11) is 0. The third kappa shape index (κ3) is 31.7. The molecule has 29 heavy (non-hydrogen) atoms. The fourth-order valence-electron chi connectivity index (χ4n) is 1.54. The van der Waals surface area contributed by atoms with Gasteiger partial charge in [0.2, 0.25) is 0 Å². The Morgan fingerprint density at radius 2 is 0.345 bits per heavy atom. The van der Waals surface area contributed by atoms with Crippen LogP contribution in [0.4, 0.5) is 0 Å². The Kier molecular flexibility index (Phi) is 27.8. The van der Waals surface area contributed by atoms with Crippen LogP contribution in [0.5, 0.6) is 0 Å². The summed E-state index contributed by atoms with van der Waals surface area (Å²) >= 11 is -4.20. The summed E-state index contributed by atoms with van der Waals surface area (Å²) in [5.74, 6) is 0. The Labute approximate surface area is 223 Å². The first kappa shape index (κ1) is 30.0. The van der Waals surface area contributed by atoms with Gasteiger partial charge < -0.3 is 0 Å². The Hall–Kier alpha value is -1.18. The fraction of sp³-hybridized carbons (Fsp3) is 0. The van der Waals surface area contributed by atoms with Gasteiger partial charge in [0.1, 0.15) is 0 Å². The van der Waals surface area contributed by atoms with Crippen LogP contribution >= 0.6 is 0 Å². The molecule has 0 aromatic rings. The molecule has 0 amide bonds. The predicted molar refractivity (Wildman–Crippen MR) is 111 cm³/mol. The summed E-state index contributed by atoms with van der Waals surface area (Å²) < 4.78 is 25.8. The van der Waals surface area contributed by atoms with Crippen LogP contribution in [0.1, 0.15) is 0 Å². The van der Waals surface area contributed by atoms with Crippen LogP contribution in [-0.2, 0) is 25.3 Å². The van der Waals surface area contributed by atoms with Crippen molar-refractivity contribution in [1.29, 1.82) is 0 Å². The molecule has 0 N–H and O–H groups in total. The molecule has 0 radical (unpaired) electrons. The summed E-state index contributed by atoms with van der Waals surface area (Å²) in [4.78, 5) is 0. The average Bonchev–Trinajstić information content (AvgIpc) is 2.53. The molecular weight excluding hydrogens is 468 g/mol. The van der Waals surface area contributed by atoms with Crippen molar-refractivity contribution in [2.75, 3.05) is 0 Å². The number of rotatable bonds is 0. The summed E-state index contributed by atoms with van der Waals surface area (Å²) in [6.07, 6.45) is 48.0. The minimum atomic E-state index is -4.20. The van der Waals surface area contributed by atoms with E-state index in [1.807, 2.05) is 146 Å². The van der Waals surface area contributed by atoms with Gasteiger partial charge in [-0.05, 0) is 0 Å². The molecule has 0 fully saturated rings. The van der Waals surface area contributed by atoms with Gasteiger partial charge in [0.25, 0.3) is 0 Å². The Morgan fingerprint density at radius 1 is 0.310 bits per heavy atom. The number of allylic oxidation sites excluding steroid dienone is 24. The molecule has 0 aromatic carbocycles. The molecule has 0 saturated carbocycles. The summed E-state index contributed by atoms with van der Waals surface area (Å²) in [5, 5.41) is 0. The quantitative estimate of drug-likeness (QED) is 0.488. The molecule has 0 spiro atoms. The third-order valence-electron chi connectivity index (χ3n) is 2.67. The van der Waals surface area contributed by atoms with Crippen molar-refractivity contribution in [3.05, 3.63) is 146 Å². The Balaban J connectivity index is 0. The van der Waals surface area contributed by atoms with E-state index in [4.69, 9.17) is 10.1 Å². The molecule has 0 heterocycles. The minimum absolute atomic E-state index is 0. The van der Waals surface area contributed by atoms with E-state index in [2.05, 4.69) is 0 Å². The maximum absolute atomic E-state index is 8.60. The van der Waals surface area contributed by atoms with E-state index in [-0.39, 0.29) is 51.4 Å². The third-order valence-corrected chi connectivity index (χ3v) is 2.67. The number of hydrogen-bond acceptors (Lipinski definition) is 3. The molecule has 5 heteroatoms. The topological polar surface area (TPSA) is 57.2 Å². The van der Waals surface area contributed by atoms with Crippen molar-refractivity contribution < 1.29 is 80.3 Å². The van der Waals surface area contributed by atoms with E-state index < -0.39 is 18.8 Å². The van der Waals surface area contributed by atoms with Crippen LogP contribution < -0.4 is 55.0 Å². The van der Waals surface area contributed by atoms with Crippen molar-refractivity contribution >= 4 is 0 Å². The molecule has 3 aliphatic carbocycles. The molecule has 0 atom stereocenters. The van der Waals surface area contributed by atoms with Crippen LogP contribution in [0.25, 0.3) is 0 Å². The first-order chi connectivity index (χ1) is 13.7. The zero-order chi connectivity index (χ0) is 20.5. The average molecular weight is 492 g/mol. The fourth-order valence-corrected chi connectivity index (χ4v) is 1.54. The molecule has 0 aliphatic heterocycles. The molecule has 3 rings (SSSR count). The SMILES string of the molecule is C1=C/C=C\C=C/C=C1.C1=C/C=C\C=C/C=C1.C1=C/C=C\C=C/C=C1.[K+].[O]=[Nb](=[O])[O-]. The van der Waals surface area contributed by atoms with E-state index in [1.54, 1.807) is 0 Å². The van der Waals surface area contributed by atoms with Crippen molar-refractivity contribution in [2.45, 2.75) is 0 Å². The van der Waals surface area contributed by atoms with E-state index in [0.717, 1.165) is 0 Å². The van der Waals surface area contributed by atoms with Crippen LogP contribution in [0.3, 0.4) is 0 Å². The molecule has 0 aromatic heterocycles. The van der Waals surface area contributed by atoms with Crippen LogP contribution in [-0.4, -0.2) is 0 Å². The maximum atomic E-state index is 8.60. The van der Waals surface area contributed by atoms with Gasteiger partial charge in [0.15, 0.2) is 0 Å². The van der Waals surface area contributed by atoms with Crippen LogP contribution in [0, 0.1) is 0 Å². The van der Waals surface area contributed by atoms with Gasteiger partial charge in [-0.25, -0.2) is 0 Å². The Bertz CT molecular complexity index is 555. The molecule has 144 valence electrons. The van der Waals surface area contributed by atoms with Crippen molar-refractivity contribution in [1.82, 2.24) is 0 Å². The second kappa shape index (κ2) is 26.8. The standard InChI is InChI=1S/3C8H8.K.Nb.3O/c3*1-2-4-6-8-7-5-3-1;;;;;/h3*1-8H;;;;;/q;;;+1;;;;-1/b3*2-1-,3-1?,4-2?,5-3-,6-4?,7-5?,8-6?,8-7?;;;;;. The number of hydrogen-bond donors (Lipinski definition) is 0. The molecule has 3 aliphatic rings. The van der Waals surface area contributed by atoms with Gasteiger partial charge in [-0.15, -0.1) is 0 Å². The van der Waals surface area contributed by atoms with Crippen LogP contribution in [0.2, 0.25) is 0 Å². The van der Waals surface area contributed by atoms with Crippen molar-refractivity contribution in [3.8, 4) is 0 Å². The van der Waals surface area contributed by atoms with Gasteiger partial charge in [-0.3, -0.25) is 0 Å². The second-order valence-corrected chi connectivity index (χ2v) is 5.94. The Morgan fingerprint density at radius 3 is 0.379 bits per heavy atom. The van der Waals surface area contributed by atoms with Gasteiger partial charge >= 0.3 is 80.3 Å². The molecular formula is C24H24KNbO3. The van der Waals surface area contributed by atoms with Gasteiger partial charge in [-0.2, -0.15) is 0 Å². The van der Waals surface area contributed by atoms with E-state index in [9.17, 15) is 0 Å². The molecule has 3 nitrogen and oxygen atoms in total. The molecule has 0 unspecified atom stereocenters. The monoisotopic (exact) mass is 492 g/mol. The normalized spacial score (nSPS) is 20.7. The van der Waals surface area contributed by atoms with E-state index in [1.165, 1.54) is 0 Å². The second-order valence-electron chi connectivity index (χ2n) is 4.84. The first-order valence-electron chi connectivity index (χ1n) is 8.55. The zero-order valence-corrected chi connectivity index (χ0v) is 21.9. The van der Waals surface area contributed by atoms with Gasteiger partial charge in [0.05, 0.1) is 0 Å². The summed E-state index contributed by atoms with van der Waals surface area (Å²) in [6, 6.07) is 0.